The SMILES string of the molecule is CN1CCN(Cc2ccc(-c3c[nH]c(N)cc3=O)cc2)CC1. The minimum Gasteiger partial charge on any atom is -0.385 e. The molecule has 0 radical (unpaired) electrons. The Bertz CT molecular complexity index is 685. The van der Waals surface area contributed by atoms with Crippen LogP contribution in [0.1, 0.15) is 5.56 Å². The van der Waals surface area contributed by atoms with Gasteiger partial charge >= 0.3 is 0 Å². The highest BCUT2D eigenvalue weighted by Crippen LogP contribution is 2.17. The summed E-state index contributed by atoms with van der Waals surface area (Å²) in [5.74, 6) is 0.389. The van der Waals surface area contributed by atoms with E-state index < -0.39 is 0 Å². The van der Waals surface area contributed by atoms with Crippen molar-refractivity contribution in [2.24, 2.45) is 0 Å². The Balaban J connectivity index is 1.71. The highest BCUT2D eigenvalue weighted by atomic mass is 16.1. The second-order valence-electron chi connectivity index (χ2n) is 5.94. The number of benzene rings is 1. The highest BCUT2D eigenvalue weighted by Gasteiger charge is 2.13. The molecule has 1 aromatic heterocycles. The molecule has 5 heteroatoms. The van der Waals surface area contributed by atoms with E-state index in [4.69, 9.17) is 5.73 Å². The Morgan fingerprint density at radius 3 is 2.45 bits per heavy atom. The number of anilines is 1. The van der Waals surface area contributed by atoms with Crippen LogP contribution in [0.25, 0.3) is 11.1 Å². The fraction of sp³-hybridized carbons (Fsp3) is 0.353. The average molecular weight is 298 g/mol. The molecule has 3 N–H and O–H groups in total. The van der Waals surface area contributed by atoms with Crippen molar-refractivity contribution < 1.29 is 0 Å². The van der Waals surface area contributed by atoms with Gasteiger partial charge in [0.1, 0.15) is 5.82 Å². The Hall–Kier alpha value is -2.11. The minimum atomic E-state index is -0.0527. The third-order valence-corrected chi connectivity index (χ3v) is 4.20. The highest BCUT2D eigenvalue weighted by molar-refractivity contribution is 5.63. The molecule has 0 aliphatic carbocycles. The van der Waals surface area contributed by atoms with Gasteiger partial charge in [-0.15, -0.1) is 0 Å². The van der Waals surface area contributed by atoms with Crippen molar-refractivity contribution in [3.05, 3.63) is 52.3 Å². The molecular formula is C17H22N4O. The van der Waals surface area contributed by atoms with E-state index in [1.54, 1.807) is 6.20 Å². The number of nitrogens with two attached hydrogens (primary N) is 1. The number of piperazine rings is 1. The van der Waals surface area contributed by atoms with Crippen LogP contribution in [-0.2, 0) is 6.54 Å². The predicted octanol–water partition coefficient (Wildman–Crippen LogP) is 1.37. The molecule has 1 fully saturated rings. The van der Waals surface area contributed by atoms with E-state index in [0.29, 0.717) is 11.4 Å². The summed E-state index contributed by atoms with van der Waals surface area (Å²) in [6.07, 6.45) is 1.67. The number of aromatic amines is 1. The summed E-state index contributed by atoms with van der Waals surface area (Å²) in [7, 11) is 2.16. The molecule has 0 bridgehead atoms. The Labute approximate surface area is 130 Å². The summed E-state index contributed by atoms with van der Waals surface area (Å²) in [5.41, 5.74) is 8.38. The molecule has 116 valence electrons. The lowest BCUT2D eigenvalue weighted by Crippen LogP contribution is -2.43. The summed E-state index contributed by atoms with van der Waals surface area (Å²) >= 11 is 0. The third kappa shape index (κ3) is 3.37. The number of nitrogens with zero attached hydrogens (tertiary/aromatic N) is 2. The average Bonchev–Trinajstić information content (AvgIpc) is 2.51. The molecule has 3 rings (SSSR count). The lowest BCUT2D eigenvalue weighted by molar-refractivity contribution is 0.148. The van der Waals surface area contributed by atoms with Gasteiger partial charge in [0.25, 0.3) is 0 Å². The zero-order valence-corrected chi connectivity index (χ0v) is 12.9. The summed E-state index contributed by atoms with van der Waals surface area (Å²) < 4.78 is 0. The lowest BCUT2D eigenvalue weighted by atomic mass is 10.0. The van der Waals surface area contributed by atoms with Crippen molar-refractivity contribution in [1.82, 2.24) is 14.8 Å². The van der Waals surface area contributed by atoms with E-state index >= 15 is 0 Å². The van der Waals surface area contributed by atoms with Crippen LogP contribution in [0.3, 0.4) is 0 Å². The minimum absolute atomic E-state index is 0.0527. The molecule has 2 aromatic rings. The van der Waals surface area contributed by atoms with Crippen molar-refractivity contribution in [2.75, 3.05) is 39.0 Å². The fourth-order valence-electron chi connectivity index (χ4n) is 2.77. The molecule has 0 saturated carbocycles. The van der Waals surface area contributed by atoms with Gasteiger partial charge in [0, 0.05) is 50.6 Å². The summed E-state index contributed by atoms with van der Waals surface area (Å²) in [4.78, 5) is 19.7. The Kier molecular flexibility index (Phi) is 4.27. The van der Waals surface area contributed by atoms with Crippen molar-refractivity contribution in [3.63, 3.8) is 0 Å². The molecule has 2 heterocycles. The number of rotatable bonds is 3. The molecular weight excluding hydrogens is 276 g/mol. The van der Waals surface area contributed by atoms with Gasteiger partial charge in [-0.05, 0) is 18.2 Å². The number of hydrogen-bond donors (Lipinski definition) is 2. The van der Waals surface area contributed by atoms with Crippen LogP contribution in [0.5, 0.6) is 0 Å². The first kappa shape index (κ1) is 14.8. The summed E-state index contributed by atoms with van der Waals surface area (Å²) in [5, 5.41) is 0. The second-order valence-corrected chi connectivity index (χ2v) is 5.94. The monoisotopic (exact) mass is 298 g/mol. The van der Waals surface area contributed by atoms with Gasteiger partial charge in [0.15, 0.2) is 5.43 Å². The maximum Gasteiger partial charge on any atom is 0.191 e. The summed E-state index contributed by atoms with van der Waals surface area (Å²) in [6, 6.07) is 9.64. The van der Waals surface area contributed by atoms with E-state index in [1.165, 1.54) is 11.6 Å². The van der Waals surface area contributed by atoms with Crippen LogP contribution in [0, 0.1) is 0 Å². The van der Waals surface area contributed by atoms with Crippen LogP contribution >= 0.6 is 0 Å². The smallest absolute Gasteiger partial charge is 0.191 e. The van der Waals surface area contributed by atoms with E-state index in [0.717, 1.165) is 38.3 Å². The lowest BCUT2D eigenvalue weighted by Gasteiger charge is -2.32. The van der Waals surface area contributed by atoms with E-state index in [9.17, 15) is 4.79 Å². The van der Waals surface area contributed by atoms with Crippen LogP contribution in [0.2, 0.25) is 0 Å². The van der Waals surface area contributed by atoms with Crippen LogP contribution < -0.4 is 11.2 Å². The second kappa shape index (κ2) is 6.34. The predicted molar refractivity (Wildman–Crippen MR) is 89.7 cm³/mol. The normalized spacial score (nSPS) is 16.8. The van der Waals surface area contributed by atoms with E-state index in [1.807, 2.05) is 12.1 Å². The van der Waals surface area contributed by atoms with Crippen LogP contribution in [0.15, 0.2) is 41.3 Å². The number of pyridine rings is 1. The largest absolute Gasteiger partial charge is 0.385 e. The van der Waals surface area contributed by atoms with Crippen molar-refractivity contribution in [2.45, 2.75) is 6.54 Å². The number of H-pyrrole nitrogens is 1. The van der Waals surface area contributed by atoms with Crippen LogP contribution in [-0.4, -0.2) is 48.0 Å². The zero-order valence-electron chi connectivity index (χ0n) is 12.9. The topological polar surface area (TPSA) is 65.4 Å². The van der Waals surface area contributed by atoms with Gasteiger partial charge < -0.3 is 15.6 Å². The molecule has 0 unspecified atom stereocenters. The number of aromatic nitrogens is 1. The Morgan fingerprint density at radius 2 is 1.82 bits per heavy atom. The molecule has 0 spiro atoms. The molecule has 1 aliphatic heterocycles. The molecule has 5 nitrogen and oxygen atoms in total. The van der Waals surface area contributed by atoms with Gasteiger partial charge in [-0.1, -0.05) is 24.3 Å². The van der Waals surface area contributed by atoms with Crippen molar-refractivity contribution >= 4 is 5.82 Å². The van der Waals surface area contributed by atoms with Gasteiger partial charge in [-0.25, -0.2) is 0 Å². The molecule has 0 atom stereocenters. The van der Waals surface area contributed by atoms with Crippen LogP contribution in [0.4, 0.5) is 5.82 Å². The molecule has 1 saturated heterocycles. The quantitative estimate of drug-likeness (QED) is 0.898. The number of likely N-dealkylation sites (N-methyl/N-ethyl adjacent to an activating group) is 1. The third-order valence-electron chi connectivity index (χ3n) is 4.20. The standard InChI is InChI=1S/C17H22N4O/c1-20-6-8-21(9-7-20)12-13-2-4-14(5-3-13)15-11-19-17(18)10-16(15)22/h2-5,10-11H,6-9,12H2,1H3,(H3,18,19,22). The van der Waals surface area contributed by atoms with Crippen molar-refractivity contribution in [1.29, 1.82) is 0 Å². The van der Waals surface area contributed by atoms with E-state index in [-0.39, 0.29) is 5.43 Å². The molecule has 0 amide bonds. The molecule has 1 aromatic carbocycles. The van der Waals surface area contributed by atoms with Gasteiger partial charge in [-0.2, -0.15) is 0 Å². The zero-order chi connectivity index (χ0) is 15.5. The maximum atomic E-state index is 12.0. The maximum absolute atomic E-state index is 12.0. The molecule has 1 aliphatic rings. The molecule has 22 heavy (non-hydrogen) atoms. The first-order chi connectivity index (χ1) is 10.6. The number of hydrogen-bond acceptors (Lipinski definition) is 4. The van der Waals surface area contributed by atoms with E-state index in [2.05, 4.69) is 34.0 Å². The first-order valence-electron chi connectivity index (χ1n) is 7.60. The van der Waals surface area contributed by atoms with Gasteiger partial charge in [0.05, 0.1) is 0 Å². The summed E-state index contributed by atoms with van der Waals surface area (Å²) in [6.45, 7) is 5.43. The van der Waals surface area contributed by atoms with Gasteiger partial charge in [0.2, 0.25) is 0 Å². The Morgan fingerprint density at radius 1 is 1.14 bits per heavy atom. The number of nitrogen functional groups attached to an aromatic ring is 1. The fourth-order valence-corrected chi connectivity index (χ4v) is 2.77. The number of nitrogens with one attached hydrogen (secondary N) is 1. The van der Waals surface area contributed by atoms with Crippen molar-refractivity contribution in [3.8, 4) is 11.1 Å². The first-order valence-corrected chi connectivity index (χ1v) is 7.60. The van der Waals surface area contributed by atoms with Gasteiger partial charge in [-0.3, -0.25) is 9.69 Å².